The molecule has 0 saturated carbocycles. The van der Waals surface area contributed by atoms with Crippen molar-refractivity contribution in [3.8, 4) is 0 Å². The number of ether oxygens (including phenoxy) is 2. The van der Waals surface area contributed by atoms with Gasteiger partial charge in [-0.05, 0) is 18.9 Å². The zero-order chi connectivity index (χ0) is 26.4. The maximum absolute atomic E-state index is 12.3. The topological polar surface area (TPSA) is 259 Å². The van der Waals surface area contributed by atoms with Crippen LogP contribution in [0, 0.1) is 0 Å². The van der Waals surface area contributed by atoms with Gasteiger partial charge in [-0.3, -0.25) is 18.7 Å². The molecule has 2 heterocycles. The lowest BCUT2D eigenvalue weighted by Gasteiger charge is -2.19. The molecule has 1 aromatic rings. The number of aromatic nitrogens is 2. The Morgan fingerprint density at radius 3 is 2.43 bits per heavy atom. The van der Waals surface area contributed by atoms with E-state index in [1.54, 1.807) is 0 Å². The van der Waals surface area contributed by atoms with E-state index in [1.165, 1.54) is 19.4 Å². The number of carbonyl (C=O) groups is 2. The molecule has 5 N–H and O–H groups in total. The maximum atomic E-state index is 12.3. The molecule has 0 aliphatic carbocycles. The van der Waals surface area contributed by atoms with Crippen molar-refractivity contribution < 1.29 is 65.5 Å². The van der Waals surface area contributed by atoms with Crippen LogP contribution in [0.1, 0.15) is 31.9 Å². The summed E-state index contributed by atoms with van der Waals surface area (Å²) < 4.78 is 56.4. The minimum absolute atomic E-state index is 0.0664. The molecule has 0 aromatic carbocycles. The van der Waals surface area contributed by atoms with E-state index in [1.807, 2.05) is 0 Å². The molecule has 18 nitrogen and oxygen atoms in total. The first-order valence-corrected chi connectivity index (χ1v) is 14.0. The van der Waals surface area contributed by atoms with Crippen molar-refractivity contribution in [1.82, 2.24) is 9.55 Å². The molecule has 1 saturated heterocycles. The summed E-state index contributed by atoms with van der Waals surface area (Å²) in [6.45, 7) is -0.656. The van der Waals surface area contributed by atoms with Crippen molar-refractivity contribution in [3.05, 3.63) is 22.7 Å². The summed E-state index contributed by atoms with van der Waals surface area (Å²) in [6, 6.07) is 1.31. The lowest BCUT2D eigenvalue weighted by molar-refractivity contribution is -0.141. The number of carbonyl (C=O) groups excluding carboxylic acids is 2. The lowest BCUT2D eigenvalue weighted by Crippen LogP contribution is -2.28. The van der Waals surface area contributed by atoms with Crippen LogP contribution in [0.4, 0.5) is 5.82 Å². The Bertz CT molecular complexity index is 1130. The van der Waals surface area contributed by atoms with Crippen molar-refractivity contribution in [2.75, 3.05) is 19.0 Å². The molecule has 35 heavy (non-hydrogen) atoms. The number of nitrogens with one attached hydrogen (secondary N) is 1. The third-order valence-corrected chi connectivity index (χ3v) is 7.92. The molecule has 198 valence electrons. The smallest absolute Gasteiger partial charge is 0.469 e. The largest absolute Gasteiger partial charge is 0.490 e. The summed E-state index contributed by atoms with van der Waals surface area (Å²) in [5, 5.41) is 2.35. The number of methoxy groups -OCH3 is 1. The van der Waals surface area contributed by atoms with Gasteiger partial charge in [-0.1, -0.05) is 0 Å². The van der Waals surface area contributed by atoms with E-state index in [0.717, 1.165) is 4.57 Å². The molecule has 0 radical (unpaired) electrons. The molecule has 2 unspecified atom stereocenters. The van der Waals surface area contributed by atoms with E-state index in [9.17, 15) is 33.0 Å². The fourth-order valence-electron chi connectivity index (χ4n) is 2.72. The van der Waals surface area contributed by atoms with E-state index in [4.69, 9.17) is 19.4 Å². The summed E-state index contributed by atoms with van der Waals surface area (Å²) in [5.74, 6) is -1.21. The summed E-state index contributed by atoms with van der Waals surface area (Å²) in [7, 11) is -15.3. The third-order valence-electron chi connectivity index (χ3n) is 4.12. The van der Waals surface area contributed by atoms with E-state index < -0.39 is 60.0 Å². The Morgan fingerprint density at radius 1 is 1.14 bits per heavy atom. The molecule has 1 aliphatic rings. The first-order valence-electron chi connectivity index (χ1n) is 9.49. The molecule has 1 aromatic heterocycles. The zero-order valence-corrected chi connectivity index (χ0v) is 20.5. The van der Waals surface area contributed by atoms with Crippen LogP contribution >= 0.6 is 23.5 Å². The number of esters is 1. The first kappa shape index (κ1) is 29.4. The van der Waals surface area contributed by atoms with E-state index in [0.29, 0.717) is 0 Å². The van der Waals surface area contributed by atoms with Crippen LogP contribution in [0.3, 0.4) is 0 Å². The van der Waals surface area contributed by atoms with Gasteiger partial charge in [0.25, 0.3) is 0 Å². The van der Waals surface area contributed by atoms with Gasteiger partial charge >= 0.3 is 35.1 Å². The van der Waals surface area contributed by atoms with Crippen molar-refractivity contribution in [1.29, 1.82) is 0 Å². The number of hydrogen-bond donors (Lipinski definition) is 5. The standard InChI is InChI=1S/C14H22N3O15P3/c1-28-13(19)5-3-11(18)15-10-6-7-17(14(20)16-10)12-4-2-9(30-12)8-29-34(24,25)32-35(26,27)31-33(21,22)23/h6-7,9,12H,2-5,8H2,1H3,(H,24,25)(H,26,27)(H2,21,22,23)(H,15,16,18,20)/t9-,12+/m0/s1. The number of phosphoric ester groups is 1. The Hall–Kier alpha value is -1.81. The van der Waals surface area contributed by atoms with E-state index >= 15 is 0 Å². The molecule has 0 spiro atoms. The molecule has 4 atom stereocenters. The normalized spacial score (nSPS) is 21.6. The number of nitrogens with zero attached hydrogens (tertiary/aromatic N) is 2. The molecule has 0 bridgehead atoms. The highest BCUT2D eigenvalue weighted by atomic mass is 31.3. The lowest BCUT2D eigenvalue weighted by atomic mass is 10.2. The number of amides is 1. The van der Waals surface area contributed by atoms with Crippen LogP contribution in [-0.4, -0.2) is 60.8 Å². The highest BCUT2D eigenvalue weighted by Crippen LogP contribution is 2.66. The van der Waals surface area contributed by atoms with Gasteiger partial charge in [0.05, 0.1) is 26.2 Å². The Morgan fingerprint density at radius 2 is 1.83 bits per heavy atom. The van der Waals surface area contributed by atoms with Crippen LogP contribution < -0.4 is 11.0 Å². The molecular formula is C14H22N3O15P3. The predicted octanol–water partition coefficient (Wildman–Crippen LogP) is 0.156. The molecule has 1 fully saturated rings. The van der Waals surface area contributed by atoms with Crippen LogP contribution in [0.25, 0.3) is 0 Å². The van der Waals surface area contributed by atoms with Crippen LogP contribution in [0.5, 0.6) is 0 Å². The molecule has 21 heteroatoms. The second-order valence-electron chi connectivity index (χ2n) is 6.80. The van der Waals surface area contributed by atoms with E-state index in [-0.39, 0.29) is 31.5 Å². The quantitative estimate of drug-likeness (QED) is 0.167. The highest BCUT2D eigenvalue weighted by Gasteiger charge is 2.41. The van der Waals surface area contributed by atoms with Gasteiger partial charge in [0.15, 0.2) is 0 Å². The third kappa shape index (κ3) is 10.4. The number of anilines is 1. The number of hydrogen-bond acceptors (Lipinski definition) is 12. The number of rotatable bonds is 12. The Kier molecular flexibility index (Phi) is 10.0. The number of phosphoric acid groups is 3. The summed E-state index contributed by atoms with van der Waals surface area (Å²) >= 11 is 0. The van der Waals surface area contributed by atoms with Gasteiger partial charge in [-0.15, -0.1) is 0 Å². The predicted molar refractivity (Wildman–Crippen MR) is 111 cm³/mol. The van der Waals surface area contributed by atoms with Gasteiger partial charge in [-0.2, -0.15) is 13.6 Å². The molecule has 1 aliphatic heterocycles. The SMILES string of the molecule is COC(=O)CCC(=O)Nc1ccn([C@H]2CC[C@@H](COP(=O)(O)OP(=O)(O)OP(=O)(O)O)O2)c(=O)n1. The van der Waals surface area contributed by atoms with Gasteiger partial charge in [0.2, 0.25) is 5.91 Å². The van der Waals surface area contributed by atoms with Gasteiger partial charge in [0.1, 0.15) is 12.0 Å². The first-order chi connectivity index (χ1) is 16.1. The van der Waals surface area contributed by atoms with Gasteiger partial charge in [0, 0.05) is 12.6 Å². The van der Waals surface area contributed by atoms with Crippen molar-refractivity contribution in [3.63, 3.8) is 0 Å². The minimum Gasteiger partial charge on any atom is -0.469 e. The van der Waals surface area contributed by atoms with Crippen molar-refractivity contribution in [2.24, 2.45) is 0 Å². The second-order valence-corrected chi connectivity index (χ2v) is 11.2. The van der Waals surface area contributed by atoms with Crippen molar-refractivity contribution in [2.45, 2.75) is 38.0 Å². The molecule has 2 rings (SSSR count). The maximum Gasteiger partial charge on any atom is 0.490 e. The van der Waals surface area contributed by atoms with Crippen LogP contribution in [0.2, 0.25) is 0 Å². The second kappa shape index (κ2) is 12.0. The Balaban J connectivity index is 1.89. The molecule has 1 amide bonds. The van der Waals surface area contributed by atoms with Crippen molar-refractivity contribution >= 4 is 41.2 Å². The zero-order valence-electron chi connectivity index (χ0n) is 17.9. The monoisotopic (exact) mass is 565 g/mol. The fourth-order valence-corrected chi connectivity index (χ4v) is 5.77. The average molecular weight is 565 g/mol. The average Bonchev–Trinajstić information content (AvgIpc) is 3.16. The summed E-state index contributed by atoms with van der Waals surface area (Å²) in [6.07, 6.45) is -0.364. The van der Waals surface area contributed by atoms with E-state index in [2.05, 4.69) is 28.2 Å². The fraction of sp³-hybridized carbons (Fsp3) is 0.571. The van der Waals surface area contributed by atoms with Crippen LogP contribution in [0.15, 0.2) is 17.1 Å². The Labute approximate surface area is 196 Å². The summed E-state index contributed by atoms with van der Waals surface area (Å²) in [4.78, 5) is 74.5. The highest BCUT2D eigenvalue weighted by molar-refractivity contribution is 7.66. The van der Waals surface area contributed by atoms with Crippen LogP contribution in [-0.2, 0) is 45.9 Å². The van der Waals surface area contributed by atoms with Gasteiger partial charge in [-0.25, -0.2) is 18.5 Å². The summed E-state index contributed by atoms with van der Waals surface area (Å²) in [5.41, 5.74) is -0.797. The van der Waals surface area contributed by atoms with Gasteiger partial charge < -0.3 is 34.4 Å². The molecular weight excluding hydrogens is 543 g/mol. The minimum atomic E-state index is -5.64.